The SMILES string of the molecule is COC(O)[C@H]1CCCN1C1CCN(C(=O)[C@@H](Cc2ccc(O)c(Br)c2)OC(=O)N2CCC(N3CCc4ccccc4NC3=O)CC2)CC1. The van der Waals surface area contributed by atoms with Gasteiger partial charge >= 0.3 is 12.1 Å². The van der Waals surface area contributed by atoms with Gasteiger partial charge in [-0.15, -0.1) is 0 Å². The number of piperidine rings is 2. The van der Waals surface area contributed by atoms with E-state index in [1.807, 2.05) is 29.2 Å². The number of carbonyl (C=O) groups excluding carboxylic acids is 3. The number of carbonyl (C=O) groups is 3. The van der Waals surface area contributed by atoms with Crippen molar-refractivity contribution in [3.05, 3.63) is 58.1 Å². The van der Waals surface area contributed by atoms with Crippen LogP contribution in [0.3, 0.4) is 0 Å². The third kappa shape index (κ3) is 7.74. The van der Waals surface area contributed by atoms with Crippen LogP contribution in [0.25, 0.3) is 0 Å². The highest BCUT2D eigenvalue weighted by atomic mass is 79.9. The molecule has 4 aliphatic heterocycles. The van der Waals surface area contributed by atoms with Gasteiger partial charge in [-0.25, -0.2) is 9.59 Å². The molecule has 0 bridgehead atoms. The third-order valence-electron chi connectivity index (χ3n) is 10.4. The number of methoxy groups -OCH3 is 1. The van der Waals surface area contributed by atoms with Crippen LogP contribution in [0.5, 0.6) is 5.75 Å². The molecule has 48 heavy (non-hydrogen) atoms. The molecule has 13 heteroatoms. The molecular formula is C35H46BrN5O7. The summed E-state index contributed by atoms with van der Waals surface area (Å²) >= 11 is 3.35. The number of hydrogen-bond donors (Lipinski definition) is 3. The third-order valence-corrected chi connectivity index (χ3v) is 11.1. The molecule has 2 aromatic rings. The number of fused-ring (bicyclic) bond motifs is 1. The molecule has 1 unspecified atom stereocenters. The van der Waals surface area contributed by atoms with Crippen molar-refractivity contribution in [2.45, 2.75) is 81.9 Å². The zero-order chi connectivity index (χ0) is 33.8. The zero-order valence-corrected chi connectivity index (χ0v) is 29.0. The number of phenolic OH excluding ortho intramolecular Hbond substituents is 1. The number of hydrogen-bond acceptors (Lipinski definition) is 8. The van der Waals surface area contributed by atoms with Crippen LogP contribution >= 0.6 is 15.9 Å². The average molecular weight is 729 g/mol. The lowest BCUT2D eigenvalue weighted by atomic mass is 10.00. The second kappa shape index (κ2) is 15.4. The summed E-state index contributed by atoms with van der Waals surface area (Å²) in [6.45, 7) is 3.39. The fourth-order valence-electron chi connectivity index (χ4n) is 7.72. The Hall–Kier alpha value is -3.39. The molecule has 3 atom stereocenters. The van der Waals surface area contributed by atoms with E-state index in [1.54, 1.807) is 28.0 Å². The molecule has 0 radical (unpaired) electrons. The normalized spacial score (nSPS) is 22.5. The van der Waals surface area contributed by atoms with Crippen LogP contribution in [0.4, 0.5) is 15.3 Å². The fraction of sp³-hybridized carbons (Fsp3) is 0.571. The van der Waals surface area contributed by atoms with E-state index in [9.17, 15) is 24.6 Å². The summed E-state index contributed by atoms with van der Waals surface area (Å²) in [5.74, 6) is -0.152. The lowest BCUT2D eigenvalue weighted by molar-refractivity contribution is -0.144. The maximum Gasteiger partial charge on any atom is 0.410 e. The summed E-state index contributed by atoms with van der Waals surface area (Å²) in [5.41, 5.74) is 2.71. The first-order chi connectivity index (χ1) is 23.2. The molecule has 6 rings (SSSR count). The van der Waals surface area contributed by atoms with Gasteiger partial charge in [0.1, 0.15) is 5.75 Å². The van der Waals surface area contributed by atoms with Crippen molar-refractivity contribution < 1.29 is 34.1 Å². The monoisotopic (exact) mass is 727 g/mol. The number of aliphatic hydroxyl groups is 1. The van der Waals surface area contributed by atoms with Crippen molar-refractivity contribution in [2.75, 3.05) is 51.7 Å². The van der Waals surface area contributed by atoms with Crippen molar-refractivity contribution in [3.8, 4) is 5.75 Å². The van der Waals surface area contributed by atoms with E-state index in [0.717, 1.165) is 55.5 Å². The van der Waals surface area contributed by atoms with Gasteiger partial charge in [-0.05, 0) is 96.7 Å². The van der Waals surface area contributed by atoms with Gasteiger partial charge in [0, 0.05) is 64.0 Å². The van der Waals surface area contributed by atoms with Crippen LogP contribution in [-0.4, -0.2) is 125 Å². The molecule has 260 valence electrons. The number of benzene rings is 2. The minimum atomic E-state index is -1.03. The maximum absolute atomic E-state index is 14.0. The van der Waals surface area contributed by atoms with E-state index in [2.05, 4.69) is 26.1 Å². The van der Waals surface area contributed by atoms with E-state index >= 15 is 0 Å². The van der Waals surface area contributed by atoms with Crippen molar-refractivity contribution >= 4 is 39.6 Å². The number of nitrogens with one attached hydrogen (secondary N) is 1. The predicted molar refractivity (Wildman–Crippen MR) is 183 cm³/mol. The smallest absolute Gasteiger partial charge is 0.410 e. The Bertz CT molecular complexity index is 1460. The molecule has 3 N–H and O–H groups in total. The number of amides is 4. The highest BCUT2D eigenvalue weighted by molar-refractivity contribution is 9.10. The number of halogens is 1. The molecule has 4 amide bonds. The van der Waals surface area contributed by atoms with Gasteiger partial charge in [0.25, 0.3) is 5.91 Å². The topological polar surface area (TPSA) is 135 Å². The molecule has 2 aromatic carbocycles. The van der Waals surface area contributed by atoms with Gasteiger partial charge in [0.2, 0.25) is 0 Å². The largest absolute Gasteiger partial charge is 0.507 e. The summed E-state index contributed by atoms with van der Waals surface area (Å²) in [7, 11) is 1.52. The Morgan fingerprint density at radius 3 is 2.40 bits per heavy atom. The molecule has 0 aliphatic carbocycles. The van der Waals surface area contributed by atoms with Crippen LogP contribution in [-0.2, 0) is 27.1 Å². The van der Waals surface area contributed by atoms with Gasteiger partial charge in [-0.1, -0.05) is 24.3 Å². The summed E-state index contributed by atoms with van der Waals surface area (Å²) in [6, 6.07) is 12.9. The number of anilines is 1. The number of para-hydroxylation sites is 1. The number of aliphatic hydroxyl groups excluding tert-OH is 1. The van der Waals surface area contributed by atoms with Crippen LogP contribution in [0.1, 0.15) is 49.7 Å². The number of urea groups is 1. The number of rotatable bonds is 8. The van der Waals surface area contributed by atoms with Crippen molar-refractivity contribution in [2.24, 2.45) is 0 Å². The standard InChI is InChI=1S/C35H46BrN5O7/c1-47-33(44)29-7-4-15-40(29)25-11-16-38(17-12-25)32(43)31(22-23-8-9-30(42)27(36)21-23)48-35(46)39-18-13-26(14-19-39)41-20-10-24-5-2-3-6-28(24)37-34(41)45/h2-3,5-6,8-9,21,25-26,29,31,33,42,44H,4,7,10-20,22H2,1H3,(H,37,45)/t29-,31-,33?/m1/s1. The van der Waals surface area contributed by atoms with Gasteiger partial charge < -0.3 is 39.7 Å². The molecule has 4 aliphatic rings. The van der Waals surface area contributed by atoms with Crippen molar-refractivity contribution in [1.29, 1.82) is 0 Å². The quantitative estimate of drug-likeness (QED) is 0.345. The van der Waals surface area contributed by atoms with Gasteiger partial charge in [0.05, 0.1) is 10.5 Å². The molecule has 12 nitrogen and oxygen atoms in total. The molecule has 4 heterocycles. The van der Waals surface area contributed by atoms with E-state index in [1.165, 1.54) is 7.11 Å². The average Bonchev–Trinajstić information content (AvgIpc) is 3.53. The van der Waals surface area contributed by atoms with Gasteiger partial charge in [-0.2, -0.15) is 0 Å². The first kappa shape index (κ1) is 34.5. The van der Waals surface area contributed by atoms with E-state index in [4.69, 9.17) is 9.47 Å². The Labute approximate surface area is 290 Å². The summed E-state index contributed by atoms with van der Waals surface area (Å²) in [4.78, 5) is 48.2. The van der Waals surface area contributed by atoms with Crippen LogP contribution in [0, 0.1) is 0 Å². The number of phenols is 1. The minimum Gasteiger partial charge on any atom is -0.507 e. The Morgan fingerprint density at radius 1 is 0.958 bits per heavy atom. The first-order valence-electron chi connectivity index (χ1n) is 17.1. The van der Waals surface area contributed by atoms with Crippen LogP contribution in [0.2, 0.25) is 0 Å². The molecule has 0 aromatic heterocycles. The van der Waals surface area contributed by atoms with Crippen molar-refractivity contribution in [3.63, 3.8) is 0 Å². The van der Waals surface area contributed by atoms with Crippen molar-refractivity contribution in [1.82, 2.24) is 19.6 Å². The lowest BCUT2D eigenvalue weighted by Gasteiger charge is -2.41. The Kier molecular flexibility index (Phi) is 11.1. The predicted octanol–water partition coefficient (Wildman–Crippen LogP) is 4.18. The summed E-state index contributed by atoms with van der Waals surface area (Å²) < 4.78 is 11.7. The first-order valence-corrected chi connectivity index (χ1v) is 17.8. The number of likely N-dealkylation sites (tertiary alicyclic amines) is 3. The van der Waals surface area contributed by atoms with Crippen LogP contribution in [0.15, 0.2) is 46.9 Å². The second-order valence-electron chi connectivity index (χ2n) is 13.2. The molecule has 0 spiro atoms. The Morgan fingerprint density at radius 2 is 1.67 bits per heavy atom. The number of ether oxygens (including phenoxy) is 2. The van der Waals surface area contributed by atoms with Gasteiger partial charge in [0.15, 0.2) is 12.4 Å². The van der Waals surface area contributed by atoms with E-state index in [-0.39, 0.29) is 42.2 Å². The van der Waals surface area contributed by atoms with E-state index in [0.29, 0.717) is 50.0 Å². The summed E-state index contributed by atoms with van der Waals surface area (Å²) in [6.07, 6.45) is 3.15. The lowest BCUT2D eigenvalue weighted by Crippen LogP contribution is -2.54. The van der Waals surface area contributed by atoms with Gasteiger partial charge in [-0.3, -0.25) is 9.69 Å². The minimum absolute atomic E-state index is 0.00311. The zero-order valence-electron chi connectivity index (χ0n) is 27.4. The highest BCUT2D eigenvalue weighted by Gasteiger charge is 2.39. The highest BCUT2D eigenvalue weighted by Crippen LogP contribution is 2.30. The van der Waals surface area contributed by atoms with Crippen LogP contribution < -0.4 is 5.32 Å². The fourth-order valence-corrected chi connectivity index (χ4v) is 8.14. The Balaban J connectivity index is 1.07. The second-order valence-corrected chi connectivity index (χ2v) is 14.1. The molecular weight excluding hydrogens is 682 g/mol. The van der Waals surface area contributed by atoms with E-state index < -0.39 is 18.5 Å². The number of nitrogens with zero attached hydrogens (tertiary/aromatic N) is 4. The molecule has 3 saturated heterocycles. The molecule has 0 saturated carbocycles. The number of aromatic hydroxyl groups is 1. The summed E-state index contributed by atoms with van der Waals surface area (Å²) in [5, 5.41) is 23.4. The maximum atomic E-state index is 14.0. The molecule has 3 fully saturated rings.